The lowest BCUT2D eigenvalue weighted by molar-refractivity contribution is -0.150. The Balaban J connectivity index is 1.92. The molecule has 3 rings (SSSR count). The van der Waals surface area contributed by atoms with Crippen LogP contribution in [0.15, 0.2) is 60.7 Å². The first-order valence-corrected chi connectivity index (χ1v) is 16.3. The monoisotopic (exact) mass is 598 g/mol. The Morgan fingerprint density at radius 1 is 0.810 bits per heavy atom. The van der Waals surface area contributed by atoms with Crippen LogP contribution in [0.4, 0.5) is 9.59 Å². The van der Waals surface area contributed by atoms with Gasteiger partial charge in [-0.05, 0) is 75.7 Å². The predicted octanol–water partition coefficient (Wildman–Crippen LogP) is 5.47. The number of carbonyl (C=O) groups excluding carboxylic acids is 2. The lowest BCUT2D eigenvalue weighted by Gasteiger charge is -2.50. The van der Waals surface area contributed by atoms with Crippen LogP contribution >= 0.6 is 0 Å². The van der Waals surface area contributed by atoms with Crippen molar-refractivity contribution >= 4 is 36.8 Å². The number of ether oxygens (including phenoxy) is 2. The molecule has 9 nitrogen and oxygen atoms in total. The van der Waals surface area contributed by atoms with Gasteiger partial charge < -0.3 is 19.0 Å². The van der Waals surface area contributed by atoms with E-state index < -0.39 is 49.6 Å². The second-order valence-corrected chi connectivity index (χ2v) is 18.1. The first kappa shape index (κ1) is 33.1. The number of nitrogens with zero attached hydrogens (tertiary/aromatic N) is 1. The molecule has 0 spiro atoms. The summed E-state index contributed by atoms with van der Waals surface area (Å²) in [4.78, 5) is 38.5. The van der Waals surface area contributed by atoms with Crippen molar-refractivity contribution in [2.45, 2.75) is 104 Å². The van der Waals surface area contributed by atoms with E-state index in [1.54, 1.807) is 41.5 Å². The molecule has 1 fully saturated rings. The van der Waals surface area contributed by atoms with Gasteiger partial charge in [0.05, 0.1) is 0 Å². The molecule has 0 aliphatic heterocycles. The van der Waals surface area contributed by atoms with Gasteiger partial charge >= 0.3 is 18.2 Å². The smallest absolute Gasteiger partial charge is 0.430 e. The average molecular weight is 599 g/mol. The summed E-state index contributed by atoms with van der Waals surface area (Å²) >= 11 is 0. The first-order chi connectivity index (χ1) is 19.3. The van der Waals surface area contributed by atoms with Crippen LogP contribution in [-0.4, -0.2) is 59.9 Å². The topological polar surface area (TPSA) is 114 Å². The Labute approximate surface area is 250 Å². The molecule has 1 aliphatic carbocycles. The molecule has 1 unspecified atom stereocenters. The van der Waals surface area contributed by atoms with E-state index in [0.717, 1.165) is 15.4 Å². The van der Waals surface area contributed by atoms with Crippen LogP contribution in [0.3, 0.4) is 0 Å². The minimum atomic E-state index is -2.85. The lowest BCUT2D eigenvalue weighted by atomic mass is 9.77. The number of hydrogen-bond acceptors (Lipinski definition) is 6. The molecule has 230 valence electrons. The largest absolute Gasteiger partial charge is 0.480 e. The lowest BCUT2D eigenvalue weighted by Crippen LogP contribution is -2.69. The normalized spacial score (nSPS) is 18.3. The summed E-state index contributed by atoms with van der Waals surface area (Å²) in [6.45, 7) is 16.6. The fraction of sp³-hybridized carbons (Fsp3) is 0.531. The highest BCUT2D eigenvalue weighted by atomic mass is 28.4. The second kappa shape index (κ2) is 12.5. The van der Waals surface area contributed by atoms with Crippen LogP contribution < -0.4 is 15.8 Å². The molecular formula is C32H46N2O7Si. The molecule has 2 N–H and O–H groups in total. The van der Waals surface area contributed by atoms with Crippen LogP contribution in [-0.2, 0) is 18.7 Å². The maximum atomic E-state index is 13.2. The summed E-state index contributed by atoms with van der Waals surface area (Å²) in [6.07, 6.45) is -1.39. The molecule has 2 aromatic carbocycles. The maximum Gasteiger partial charge on any atom is 0.430 e. The van der Waals surface area contributed by atoms with Crippen molar-refractivity contribution in [3.05, 3.63) is 60.7 Å². The summed E-state index contributed by atoms with van der Waals surface area (Å²) in [7, 11) is -2.85. The summed E-state index contributed by atoms with van der Waals surface area (Å²) in [5.74, 6) is -1.75. The van der Waals surface area contributed by atoms with Crippen molar-refractivity contribution < 1.29 is 33.4 Å². The number of carboxylic acids is 1. The molecule has 1 atom stereocenters. The zero-order valence-corrected chi connectivity index (χ0v) is 27.3. The van der Waals surface area contributed by atoms with E-state index in [0.29, 0.717) is 12.8 Å². The number of hydrogen-bond donors (Lipinski definition) is 2. The van der Waals surface area contributed by atoms with Gasteiger partial charge in [0.25, 0.3) is 8.32 Å². The second-order valence-electron chi connectivity index (χ2n) is 13.9. The highest BCUT2D eigenvalue weighted by Crippen LogP contribution is 2.43. The van der Waals surface area contributed by atoms with Crippen LogP contribution in [0.5, 0.6) is 0 Å². The van der Waals surface area contributed by atoms with E-state index in [4.69, 9.17) is 13.9 Å². The molecular weight excluding hydrogens is 552 g/mol. The fourth-order valence-electron chi connectivity index (χ4n) is 5.36. The van der Waals surface area contributed by atoms with Gasteiger partial charge in [-0.1, -0.05) is 81.4 Å². The fourth-order valence-corrected chi connectivity index (χ4v) is 10.1. The summed E-state index contributed by atoms with van der Waals surface area (Å²) < 4.78 is 17.9. The van der Waals surface area contributed by atoms with Gasteiger partial charge in [-0.3, -0.25) is 0 Å². The Kier molecular flexibility index (Phi) is 9.84. The van der Waals surface area contributed by atoms with Gasteiger partial charge in [0.15, 0.2) is 6.04 Å². The maximum absolute atomic E-state index is 13.2. The Bertz CT molecular complexity index is 1190. The van der Waals surface area contributed by atoms with Gasteiger partial charge in [-0.25, -0.2) is 24.8 Å². The molecule has 1 saturated carbocycles. The summed E-state index contributed by atoms with van der Waals surface area (Å²) in [5, 5.41) is 13.1. The van der Waals surface area contributed by atoms with Crippen molar-refractivity contribution in [1.82, 2.24) is 10.4 Å². The predicted molar refractivity (Wildman–Crippen MR) is 164 cm³/mol. The SMILES string of the molecule is CC(C)(C)OC(=O)NN(C(=O)OC(C)(C)C)C(C(=O)O)C1CC(O[Si](c2ccccc2)(c2ccccc2)C(C)(C)C)C1. The van der Waals surface area contributed by atoms with E-state index in [1.807, 2.05) is 36.4 Å². The molecule has 42 heavy (non-hydrogen) atoms. The van der Waals surface area contributed by atoms with Gasteiger partial charge in [0.1, 0.15) is 11.2 Å². The molecule has 0 aromatic heterocycles. The van der Waals surface area contributed by atoms with E-state index in [9.17, 15) is 19.5 Å². The number of carbonyl (C=O) groups is 3. The van der Waals surface area contributed by atoms with Crippen molar-refractivity contribution in [3.8, 4) is 0 Å². The minimum absolute atomic E-state index is 0.242. The summed E-state index contributed by atoms with van der Waals surface area (Å²) in [5.41, 5.74) is 0.582. The van der Waals surface area contributed by atoms with Gasteiger partial charge in [-0.2, -0.15) is 0 Å². The van der Waals surface area contributed by atoms with E-state index in [-0.39, 0.29) is 11.1 Å². The van der Waals surface area contributed by atoms with Crippen LogP contribution in [0.25, 0.3) is 0 Å². The number of aliphatic carboxylic acids is 1. The molecule has 1 aliphatic rings. The minimum Gasteiger partial charge on any atom is -0.480 e. The Morgan fingerprint density at radius 3 is 1.64 bits per heavy atom. The Morgan fingerprint density at radius 2 is 1.26 bits per heavy atom. The number of carboxylic acid groups (broad SMARTS) is 1. The molecule has 0 radical (unpaired) electrons. The van der Waals surface area contributed by atoms with Gasteiger partial charge in [0, 0.05) is 6.10 Å². The van der Waals surface area contributed by atoms with Crippen molar-refractivity contribution in [3.63, 3.8) is 0 Å². The average Bonchev–Trinajstić information content (AvgIpc) is 2.82. The van der Waals surface area contributed by atoms with Crippen molar-refractivity contribution in [2.75, 3.05) is 0 Å². The molecule has 0 heterocycles. The quantitative estimate of drug-likeness (QED) is 0.321. The third-order valence-electron chi connectivity index (χ3n) is 7.07. The van der Waals surface area contributed by atoms with E-state index in [2.05, 4.69) is 50.5 Å². The molecule has 10 heteroatoms. The highest BCUT2D eigenvalue weighted by molar-refractivity contribution is 6.99. The third kappa shape index (κ3) is 7.92. The van der Waals surface area contributed by atoms with Crippen molar-refractivity contribution in [1.29, 1.82) is 0 Å². The van der Waals surface area contributed by atoms with Crippen molar-refractivity contribution in [2.24, 2.45) is 5.92 Å². The van der Waals surface area contributed by atoms with E-state index >= 15 is 0 Å². The summed E-state index contributed by atoms with van der Waals surface area (Å²) in [6, 6.07) is 19.1. The van der Waals surface area contributed by atoms with Crippen LogP contribution in [0, 0.1) is 5.92 Å². The molecule has 0 saturated heterocycles. The number of nitrogens with one attached hydrogen (secondary N) is 1. The van der Waals surface area contributed by atoms with Gasteiger partial charge in [0.2, 0.25) is 0 Å². The number of hydrazine groups is 1. The van der Waals surface area contributed by atoms with Gasteiger partial charge in [-0.15, -0.1) is 0 Å². The van der Waals surface area contributed by atoms with Crippen LogP contribution in [0.1, 0.15) is 75.2 Å². The molecule has 2 aromatic rings. The molecule has 2 amide bonds. The highest BCUT2D eigenvalue weighted by Gasteiger charge is 2.54. The van der Waals surface area contributed by atoms with E-state index in [1.165, 1.54) is 0 Å². The Hall–Kier alpha value is -3.37. The number of amides is 2. The zero-order valence-electron chi connectivity index (χ0n) is 26.3. The number of rotatable bonds is 7. The zero-order chi connectivity index (χ0) is 31.5. The number of benzene rings is 2. The molecule has 0 bridgehead atoms. The van der Waals surface area contributed by atoms with Crippen LogP contribution in [0.2, 0.25) is 5.04 Å². The first-order valence-electron chi connectivity index (χ1n) is 14.4. The standard InChI is InChI=1S/C32H46N2O7Si/c1-30(2,3)39-28(37)33-34(29(38)40-31(4,5)6)26(27(35)36)22-20-23(21-22)41-42(32(7,8)9,24-16-12-10-13-17-24)25-18-14-11-15-19-25/h10-19,22-23,26H,20-21H2,1-9H3,(H,33,37)(H,35,36). The third-order valence-corrected chi connectivity index (χ3v) is 12.2.